The van der Waals surface area contributed by atoms with Crippen molar-refractivity contribution >= 4 is 6.08 Å². The molecule has 1 N–H and O–H groups in total. The van der Waals surface area contributed by atoms with Crippen molar-refractivity contribution in [3.8, 4) is 11.5 Å². The molecule has 0 aliphatic heterocycles. The zero-order valence-electron chi connectivity index (χ0n) is 11.5. The van der Waals surface area contributed by atoms with E-state index in [0.29, 0.717) is 18.4 Å². The third-order valence-corrected chi connectivity index (χ3v) is 2.82. The van der Waals surface area contributed by atoms with Crippen molar-refractivity contribution < 1.29 is 14.6 Å². The Balaban J connectivity index is 0.000000612. The number of phenols is 1. The van der Waals surface area contributed by atoms with Crippen molar-refractivity contribution in [3.05, 3.63) is 64.6 Å². The largest absolute Gasteiger partial charge is 0.724 e. The maximum absolute atomic E-state index is 9.80. The van der Waals surface area contributed by atoms with Crippen LogP contribution in [0.15, 0.2) is 42.5 Å². The van der Waals surface area contributed by atoms with E-state index in [1.54, 1.807) is 0 Å². The van der Waals surface area contributed by atoms with E-state index in [1.165, 1.54) is 0 Å². The van der Waals surface area contributed by atoms with Gasteiger partial charge in [0.1, 0.15) is 18.1 Å². The van der Waals surface area contributed by atoms with Gasteiger partial charge < -0.3 is 15.3 Å². The first-order valence-electron chi connectivity index (χ1n) is 6.07. The van der Waals surface area contributed by atoms with Gasteiger partial charge in [0.2, 0.25) is 0 Å². The van der Waals surface area contributed by atoms with E-state index >= 15 is 0 Å². The maximum Gasteiger partial charge on any atom is 0.126 e. The number of carbonyl (C=O) groups excluding carboxylic acids is 1. The standard InChI is InChI=1S/C15H16O2.CNO/c1-11-8-9-14(12(2)15(11)16)17-10-13-6-4-3-5-7-13;2-1-3/h3-9,16H,10H2,1-2H3;/q;-1. The molecule has 0 radical (unpaired) electrons. The van der Waals surface area contributed by atoms with Gasteiger partial charge in [0.15, 0.2) is 0 Å². The Labute approximate surface area is 118 Å². The maximum atomic E-state index is 9.80. The molecule has 2 aromatic rings. The number of aromatic hydroxyl groups is 1. The molecular weight excluding hydrogens is 254 g/mol. The van der Waals surface area contributed by atoms with Crippen molar-refractivity contribution in [1.82, 2.24) is 0 Å². The number of isocyanates is 1. The van der Waals surface area contributed by atoms with Crippen molar-refractivity contribution in [1.29, 1.82) is 0 Å². The zero-order chi connectivity index (χ0) is 15.0. The van der Waals surface area contributed by atoms with Gasteiger partial charge in [0.05, 0.1) is 0 Å². The monoisotopic (exact) mass is 270 g/mol. The van der Waals surface area contributed by atoms with E-state index in [1.807, 2.05) is 56.3 Å². The van der Waals surface area contributed by atoms with Gasteiger partial charge >= 0.3 is 0 Å². The molecule has 0 amide bonds. The number of aryl methyl sites for hydroxylation is 1. The summed E-state index contributed by atoms with van der Waals surface area (Å²) in [6.45, 7) is 4.26. The number of phenolic OH excluding ortho intramolecular Hbond substituents is 1. The van der Waals surface area contributed by atoms with Crippen LogP contribution in [0.1, 0.15) is 16.7 Å². The molecule has 0 saturated heterocycles. The Bertz CT molecular complexity index is 588. The van der Waals surface area contributed by atoms with Crippen molar-refractivity contribution in [2.45, 2.75) is 20.5 Å². The Morgan fingerprint density at radius 3 is 2.35 bits per heavy atom. The summed E-state index contributed by atoms with van der Waals surface area (Å²) in [5.74, 6) is 1.05. The smallest absolute Gasteiger partial charge is 0.126 e. The van der Waals surface area contributed by atoms with Crippen LogP contribution in [0.4, 0.5) is 0 Å². The average Bonchev–Trinajstić information content (AvgIpc) is 2.46. The molecule has 0 fully saturated rings. The van der Waals surface area contributed by atoms with Gasteiger partial charge in [-0.15, -0.1) is 0 Å². The molecule has 0 bridgehead atoms. The predicted octanol–water partition coefficient (Wildman–Crippen LogP) is 3.48. The third-order valence-electron chi connectivity index (χ3n) is 2.82. The lowest BCUT2D eigenvalue weighted by atomic mass is 10.1. The molecule has 0 spiro atoms. The van der Waals surface area contributed by atoms with Crippen LogP contribution < -0.4 is 4.74 Å². The SMILES string of the molecule is Cc1ccc(OCc2ccccc2)c(C)c1O.[N-]=C=O. The minimum absolute atomic E-state index is 0.315. The molecular formula is C16H16NO3-. The van der Waals surface area contributed by atoms with Crippen LogP contribution in [0.25, 0.3) is 5.41 Å². The van der Waals surface area contributed by atoms with Crippen molar-refractivity contribution in [2.75, 3.05) is 0 Å². The van der Waals surface area contributed by atoms with Crippen LogP contribution in [0, 0.1) is 13.8 Å². The molecule has 4 nitrogen and oxygen atoms in total. The molecule has 0 aromatic heterocycles. The lowest BCUT2D eigenvalue weighted by Gasteiger charge is -2.11. The second-order valence-corrected chi connectivity index (χ2v) is 4.22. The number of hydrogen-bond donors (Lipinski definition) is 1. The van der Waals surface area contributed by atoms with Crippen LogP contribution in [0.5, 0.6) is 11.5 Å². The molecule has 0 aliphatic rings. The third kappa shape index (κ3) is 4.26. The molecule has 0 heterocycles. The zero-order valence-corrected chi connectivity index (χ0v) is 11.5. The van der Waals surface area contributed by atoms with Gasteiger partial charge in [0.25, 0.3) is 0 Å². The molecule has 2 aromatic carbocycles. The highest BCUT2D eigenvalue weighted by molar-refractivity contribution is 5.47. The van der Waals surface area contributed by atoms with E-state index in [9.17, 15) is 5.11 Å². The number of hydrogen-bond acceptors (Lipinski definition) is 3. The van der Waals surface area contributed by atoms with Gasteiger partial charge in [-0.1, -0.05) is 36.4 Å². The van der Waals surface area contributed by atoms with E-state index in [0.717, 1.165) is 22.4 Å². The van der Waals surface area contributed by atoms with Gasteiger partial charge in [-0.2, -0.15) is 0 Å². The van der Waals surface area contributed by atoms with Crippen molar-refractivity contribution in [2.24, 2.45) is 0 Å². The summed E-state index contributed by atoms with van der Waals surface area (Å²) in [6, 6.07) is 13.7. The molecule has 20 heavy (non-hydrogen) atoms. The number of ether oxygens (including phenoxy) is 1. The molecule has 0 unspecified atom stereocenters. The first-order valence-corrected chi connectivity index (χ1v) is 6.07. The Morgan fingerprint density at radius 1 is 1.15 bits per heavy atom. The summed E-state index contributed by atoms with van der Waals surface area (Å²) >= 11 is 0. The van der Waals surface area contributed by atoms with Gasteiger partial charge in [-0.05, 0) is 37.1 Å². The molecule has 0 atom stereocenters. The summed E-state index contributed by atoms with van der Waals surface area (Å²) in [5, 5.41) is 16.6. The second kappa shape index (κ2) is 7.77. The van der Waals surface area contributed by atoms with E-state index in [4.69, 9.17) is 14.9 Å². The molecule has 2 rings (SSSR count). The van der Waals surface area contributed by atoms with Crippen LogP contribution in [-0.4, -0.2) is 11.2 Å². The Kier molecular flexibility index (Phi) is 6.01. The molecule has 4 heteroatoms. The second-order valence-electron chi connectivity index (χ2n) is 4.22. The number of rotatable bonds is 3. The van der Waals surface area contributed by atoms with Crippen molar-refractivity contribution in [3.63, 3.8) is 0 Å². The average molecular weight is 270 g/mol. The van der Waals surface area contributed by atoms with Gasteiger partial charge in [0, 0.05) is 5.56 Å². The number of benzene rings is 2. The molecule has 104 valence electrons. The number of nitrogens with zero attached hydrogens (tertiary/aromatic N) is 1. The fourth-order valence-corrected chi connectivity index (χ4v) is 1.71. The van der Waals surface area contributed by atoms with E-state index in [2.05, 4.69) is 0 Å². The highest BCUT2D eigenvalue weighted by atomic mass is 16.5. The lowest BCUT2D eigenvalue weighted by Crippen LogP contribution is -1.97. The highest BCUT2D eigenvalue weighted by Gasteiger charge is 2.06. The quantitative estimate of drug-likeness (QED) is 0.685. The van der Waals surface area contributed by atoms with Crippen LogP contribution >= 0.6 is 0 Å². The topological polar surface area (TPSA) is 68.8 Å². The Hall–Kier alpha value is -2.58. The Morgan fingerprint density at radius 2 is 1.75 bits per heavy atom. The summed E-state index contributed by atoms with van der Waals surface area (Å²) in [5.41, 5.74) is 2.78. The van der Waals surface area contributed by atoms with Gasteiger partial charge in [-0.25, -0.2) is 0 Å². The lowest BCUT2D eigenvalue weighted by molar-refractivity contribution is 0.301. The normalized spacial score (nSPS) is 9.10. The van der Waals surface area contributed by atoms with Crippen LogP contribution in [0.3, 0.4) is 0 Å². The first-order chi connectivity index (χ1) is 9.60. The minimum atomic E-state index is 0.315. The summed E-state index contributed by atoms with van der Waals surface area (Å²) in [7, 11) is 0. The summed E-state index contributed by atoms with van der Waals surface area (Å²) in [6.07, 6.45) is 0.500. The molecule has 0 saturated carbocycles. The first kappa shape index (κ1) is 15.5. The summed E-state index contributed by atoms with van der Waals surface area (Å²) in [4.78, 5) is 8.24. The highest BCUT2D eigenvalue weighted by Crippen LogP contribution is 2.30. The summed E-state index contributed by atoms with van der Waals surface area (Å²) < 4.78 is 5.70. The van der Waals surface area contributed by atoms with Gasteiger partial charge in [-0.3, -0.25) is 4.79 Å². The van der Waals surface area contributed by atoms with E-state index < -0.39 is 0 Å². The predicted molar refractivity (Wildman–Crippen MR) is 77.4 cm³/mol. The minimum Gasteiger partial charge on any atom is -0.724 e. The van der Waals surface area contributed by atoms with E-state index in [-0.39, 0.29) is 0 Å². The van der Waals surface area contributed by atoms with Crippen LogP contribution in [0.2, 0.25) is 0 Å². The fourth-order valence-electron chi connectivity index (χ4n) is 1.71. The fraction of sp³-hybridized carbons (Fsp3) is 0.188. The van der Waals surface area contributed by atoms with Crippen LogP contribution in [-0.2, 0) is 11.4 Å². The molecule has 0 aliphatic carbocycles.